The van der Waals surface area contributed by atoms with E-state index in [4.69, 9.17) is 5.73 Å². The second-order valence-corrected chi connectivity index (χ2v) is 5.29. The van der Waals surface area contributed by atoms with Crippen molar-refractivity contribution in [1.82, 2.24) is 5.32 Å². The zero-order valence-corrected chi connectivity index (χ0v) is 11.8. The molecule has 3 N–H and O–H groups in total. The van der Waals surface area contributed by atoms with Gasteiger partial charge in [-0.25, -0.2) is 0 Å². The molecule has 0 aliphatic heterocycles. The molecule has 0 aromatic heterocycles. The van der Waals surface area contributed by atoms with Crippen LogP contribution < -0.4 is 11.1 Å². The Morgan fingerprint density at radius 1 is 1.27 bits per heavy atom. The molecule has 6 nitrogen and oxygen atoms in total. The number of nitrogen functional groups attached to an aromatic ring is 1. The minimum Gasteiger partial charge on any atom is -0.393 e. The largest absolute Gasteiger partial charge is 0.393 e. The molecule has 22 heavy (non-hydrogen) atoms. The van der Waals surface area contributed by atoms with Crippen LogP contribution >= 0.6 is 0 Å². The van der Waals surface area contributed by atoms with Gasteiger partial charge in [-0.15, -0.1) is 0 Å². The summed E-state index contributed by atoms with van der Waals surface area (Å²) in [7, 11) is 0. The Labute approximate surface area is 127 Å². The lowest BCUT2D eigenvalue weighted by molar-refractivity contribution is -0.383. The van der Waals surface area contributed by atoms with Crippen molar-refractivity contribution in [3.8, 4) is 0 Å². The van der Waals surface area contributed by atoms with Gasteiger partial charge in [0, 0.05) is 11.6 Å². The number of hydrogen-bond donors (Lipinski definition) is 2. The summed E-state index contributed by atoms with van der Waals surface area (Å²) in [5.41, 5.74) is 7.93. The van der Waals surface area contributed by atoms with Gasteiger partial charge in [0.1, 0.15) is 5.69 Å². The number of carbonyl (C=O) groups is 1. The lowest BCUT2D eigenvalue weighted by Gasteiger charge is -2.14. The number of benzene rings is 2. The number of nitro groups is 1. The van der Waals surface area contributed by atoms with Crippen LogP contribution in [-0.2, 0) is 6.42 Å². The first-order valence-corrected chi connectivity index (χ1v) is 6.99. The van der Waals surface area contributed by atoms with E-state index in [0.29, 0.717) is 0 Å². The molecule has 1 unspecified atom stereocenters. The summed E-state index contributed by atoms with van der Waals surface area (Å²) in [6.45, 7) is 0. The number of rotatable bonds is 3. The van der Waals surface area contributed by atoms with Crippen LogP contribution in [0.1, 0.15) is 33.9 Å². The maximum absolute atomic E-state index is 12.3. The van der Waals surface area contributed by atoms with Gasteiger partial charge < -0.3 is 11.1 Å². The van der Waals surface area contributed by atoms with Crippen molar-refractivity contribution in [2.45, 2.75) is 18.9 Å². The summed E-state index contributed by atoms with van der Waals surface area (Å²) in [4.78, 5) is 22.6. The molecule has 1 aliphatic carbocycles. The number of nitrogens with one attached hydrogen (secondary N) is 1. The predicted molar refractivity (Wildman–Crippen MR) is 82.5 cm³/mol. The van der Waals surface area contributed by atoms with E-state index in [0.717, 1.165) is 18.4 Å². The van der Waals surface area contributed by atoms with Crippen molar-refractivity contribution in [3.05, 3.63) is 69.3 Å². The first kappa shape index (κ1) is 14.1. The Hall–Kier alpha value is -2.89. The van der Waals surface area contributed by atoms with Crippen molar-refractivity contribution < 1.29 is 9.72 Å². The molecule has 0 bridgehead atoms. The van der Waals surface area contributed by atoms with Crippen LogP contribution in [0.3, 0.4) is 0 Å². The topological polar surface area (TPSA) is 98.3 Å². The molecule has 1 amide bonds. The molecule has 1 atom stereocenters. The molecule has 112 valence electrons. The minimum atomic E-state index is -0.586. The molecule has 3 rings (SSSR count). The number of aryl methyl sites for hydroxylation is 1. The molecule has 0 spiro atoms. The molecule has 0 radical (unpaired) electrons. The van der Waals surface area contributed by atoms with Crippen LogP contribution in [0, 0.1) is 10.1 Å². The van der Waals surface area contributed by atoms with Gasteiger partial charge in [0.2, 0.25) is 0 Å². The highest BCUT2D eigenvalue weighted by Gasteiger charge is 2.24. The van der Waals surface area contributed by atoms with Gasteiger partial charge in [-0.1, -0.05) is 24.3 Å². The van der Waals surface area contributed by atoms with Gasteiger partial charge >= 0.3 is 0 Å². The van der Waals surface area contributed by atoms with E-state index in [9.17, 15) is 14.9 Å². The Bertz CT molecular complexity index is 758. The summed E-state index contributed by atoms with van der Waals surface area (Å²) in [5.74, 6) is -0.329. The quantitative estimate of drug-likeness (QED) is 0.517. The third-order valence-corrected chi connectivity index (χ3v) is 3.93. The van der Waals surface area contributed by atoms with Crippen molar-refractivity contribution in [2.24, 2.45) is 0 Å². The average molecular weight is 297 g/mol. The number of amides is 1. The molecule has 0 heterocycles. The predicted octanol–water partition coefficient (Wildman–Crippen LogP) is 2.59. The van der Waals surface area contributed by atoms with E-state index >= 15 is 0 Å². The highest BCUT2D eigenvalue weighted by atomic mass is 16.6. The molecule has 0 fully saturated rings. The van der Waals surface area contributed by atoms with Gasteiger partial charge in [-0.05, 0) is 36.1 Å². The van der Waals surface area contributed by atoms with Gasteiger partial charge in [-0.3, -0.25) is 14.9 Å². The van der Waals surface area contributed by atoms with Crippen LogP contribution in [0.5, 0.6) is 0 Å². The highest BCUT2D eigenvalue weighted by Crippen LogP contribution is 2.31. The van der Waals surface area contributed by atoms with Gasteiger partial charge in [0.05, 0.1) is 11.0 Å². The summed E-state index contributed by atoms with van der Waals surface area (Å²) in [6, 6.07) is 12.0. The lowest BCUT2D eigenvalue weighted by atomic mass is 10.1. The maximum atomic E-state index is 12.3. The first-order valence-electron chi connectivity index (χ1n) is 6.99. The lowest BCUT2D eigenvalue weighted by Crippen LogP contribution is -2.27. The zero-order valence-electron chi connectivity index (χ0n) is 11.8. The molecule has 0 saturated heterocycles. The maximum Gasteiger partial charge on any atom is 0.292 e. The van der Waals surface area contributed by atoms with E-state index in [1.165, 1.54) is 23.8 Å². The summed E-state index contributed by atoms with van der Waals surface area (Å²) in [6.07, 6.45) is 1.76. The standard InChI is InChI=1S/C16H15N3O3/c17-13-7-5-11(9-15(13)19(21)22)16(20)18-14-8-6-10-3-1-2-4-12(10)14/h1-5,7,9,14H,6,8,17H2,(H,18,20). The fourth-order valence-corrected chi connectivity index (χ4v) is 2.79. The molecule has 1 aliphatic rings. The van der Waals surface area contributed by atoms with Gasteiger partial charge in [0.25, 0.3) is 11.6 Å². The average Bonchev–Trinajstić information content (AvgIpc) is 2.90. The van der Waals surface area contributed by atoms with Crippen molar-refractivity contribution in [3.63, 3.8) is 0 Å². The number of anilines is 1. The number of nitro benzene ring substituents is 1. The van der Waals surface area contributed by atoms with Crippen molar-refractivity contribution >= 4 is 17.3 Å². The minimum absolute atomic E-state index is 0.0489. The molecular formula is C16H15N3O3. The van der Waals surface area contributed by atoms with Gasteiger partial charge in [-0.2, -0.15) is 0 Å². The van der Waals surface area contributed by atoms with E-state index in [1.54, 1.807) is 0 Å². The second-order valence-electron chi connectivity index (χ2n) is 5.29. The molecular weight excluding hydrogens is 282 g/mol. The number of hydrogen-bond acceptors (Lipinski definition) is 4. The van der Waals surface area contributed by atoms with E-state index in [2.05, 4.69) is 11.4 Å². The first-order chi connectivity index (χ1) is 10.6. The van der Waals surface area contributed by atoms with Gasteiger partial charge in [0.15, 0.2) is 0 Å². The van der Waals surface area contributed by atoms with Crippen LogP contribution in [0.15, 0.2) is 42.5 Å². The molecule has 2 aromatic rings. The Morgan fingerprint density at radius 2 is 2.05 bits per heavy atom. The summed E-state index contributed by atoms with van der Waals surface area (Å²) < 4.78 is 0. The SMILES string of the molecule is Nc1ccc(C(=O)NC2CCc3ccccc32)cc1[N+](=O)[O-]. The third kappa shape index (κ3) is 2.50. The number of nitrogens with zero attached hydrogens (tertiary/aromatic N) is 1. The van der Waals surface area contributed by atoms with E-state index < -0.39 is 4.92 Å². The summed E-state index contributed by atoms with van der Waals surface area (Å²) >= 11 is 0. The van der Waals surface area contributed by atoms with Crippen molar-refractivity contribution in [1.29, 1.82) is 0 Å². The van der Waals surface area contributed by atoms with Crippen LogP contribution in [-0.4, -0.2) is 10.8 Å². The highest BCUT2D eigenvalue weighted by molar-refractivity contribution is 5.96. The molecule has 0 saturated carbocycles. The zero-order chi connectivity index (χ0) is 15.7. The van der Waals surface area contributed by atoms with E-state index in [1.807, 2.05) is 18.2 Å². The van der Waals surface area contributed by atoms with Crippen molar-refractivity contribution in [2.75, 3.05) is 5.73 Å². The Kier molecular flexibility index (Phi) is 3.50. The fourth-order valence-electron chi connectivity index (χ4n) is 2.79. The monoisotopic (exact) mass is 297 g/mol. The second kappa shape index (κ2) is 5.48. The number of nitrogens with two attached hydrogens (primary N) is 1. The van der Waals surface area contributed by atoms with Crippen LogP contribution in [0.2, 0.25) is 0 Å². The molecule has 2 aromatic carbocycles. The fraction of sp³-hybridized carbons (Fsp3) is 0.188. The third-order valence-electron chi connectivity index (χ3n) is 3.93. The molecule has 6 heteroatoms. The Morgan fingerprint density at radius 3 is 2.82 bits per heavy atom. The number of fused-ring (bicyclic) bond motifs is 1. The normalized spacial score (nSPS) is 16.1. The van der Waals surface area contributed by atoms with E-state index in [-0.39, 0.29) is 28.9 Å². The Balaban J connectivity index is 1.81. The van der Waals surface area contributed by atoms with Crippen LogP contribution in [0.25, 0.3) is 0 Å². The number of carbonyl (C=O) groups excluding carboxylic acids is 1. The summed E-state index contributed by atoms with van der Waals surface area (Å²) in [5, 5.41) is 13.8. The van der Waals surface area contributed by atoms with Crippen LogP contribution in [0.4, 0.5) is 11.4 Å². The smallest absolute Gasteiger partial charge is 0.292 e.